The Morgan fingerprint density at radius 1 is 1.29 bits per heavy atom. The average molecular weight is 495 g/mol. The fourth-order valence-corrected chi connectivity index (χ4v) is 6.72. The first-order valence-corrected chi connectivity index (χ1v) is 14.1. The minimum Gasteiger partial charge on any atom is -0.385 e. The fourth-order valence-electron chi connectivity index (χ4n) is 5.76. The quantitative estimate of drug-likeness (QED) is 0.374. The van der Waals surface area contributed by atoms with Gasteiger partial charge in [-0.3, -0.25) is 0 Å². The van der Waals surface area contributed by atoms with E-state index in [1.807, 2.05) is 25.1 Å². The van der Waals surface area contributed by atoms with Crippen LogP contribution in [0.3, 0.4) is 0 Å². The maximum absolute atomic E-state index is 13.3. The number of thiazole rings is 1. The van der Waals surface area contributed by atoms with Gasteiger partial charge in [-0.1, -0.05) is 32.1 Å². The van der Waals surface area contributed by atoms with E-state index in [-0.39, 0.29) is 18.0 Å². The molecule has 194 valence electrons. The van der Waals surface area contributed by atoms with E-state index in [0.29, 0.717) is 25.5 Å². The maximum Gasteiger partial charge on any atom is 0.317 e. The van der Waals surface area contributed by atoms with Crippen molar-refractivity contribution in [2.45, 2.75) is 89.2 Å². The number of likely N-dealkylation sites (N-methyl/N-ethyl adjacent to an activating group) is 1. The van der Waals surface area contributed by atoms with Gasteiger partial charge in [-0.15, -0.1) is 11.3 Å². The summed E-state index contributed by atoms with van der Waals surface area (Å²) in [5.41, 5.74) is -1.00. The number of urea groups is 1. The molecule has 0 aromatic carbocycles. The van der Waals surface area contributed by atoms with Gasteiger partial charge in [0.1, 0.15) is 10.6 Å². The predicted octanol–water partition coefficient (Wildman–Crippen LogP) is 4.44. The Labute approximate surface area is 210 Å². The van der Waals surface area contributed by atoms with Crippen LogP contribution >= 0.6 is 11.3 Å². The molecule has 7 nitrogen and oxygen atoms in total. The van der Waals surface area contributed by atoms with Gasteiger partial charge in [-0.05, 0) is 58.4 Å². The molecule has 1 aliphatic carbocycles. The van der Waals surface area contributed by atoms with E-state index in [1.165, 1.54) is 32.1 Å². The molecule has 2 heterocycles. The van der Waals surface area contributed by atoms with Crippen LogP contribution in [0.25, 0.3) is 0 Å². The Kier molecular flexibility index (Phi) is 11.1. The number of carbonyl (C=O) groups excluding carboxylic acids is 1. The number of amides is 2. The van der Waals surface area contributed by atoms with Crippen molar-refractivity contribution in [1.82, 2.24) is 20.5 Å². The zero-order chi connectivity index (χ0) is 24.4. The number of carbonyl (C=O) groups is 1. The molecule has 34 heavy (non-hydrogen) atoms. The molecule has 3 N–H and O–H groups in total. The van der Waals surface area contributed by atoms with Gasteiger partial charge >= 0.3 is 6.03 Å². The molecule has 1 aliphatic heterocycles. The number of nitrogens with one attached hydrogen (secondary N) is 2. The number of hydrogen-bond acceptors (Lipinski definition) is 6. The summed E-state index contributed by atoms with van der Waals surface area (Å²) in [6, 6.07) is 0.160. The van der Waals surface area contributed by atoms with Crippen molar-refractivity contribution in [3.8, 4) is 0 Å². The molecule has 2 aliphatic rings. The molecule has 1 aromatic heterocycles. The van der Waals surface area contributed by atoms with Crippen molar-refractivity contribution in [3.05, 3.63) is 16.1 Å². The smallest absolute Gasteiger partial charge is 0.317 e. The van der Waals surface area contributed by atoms with Crippen LogP contribution < -0.4 is 10.6 Å². The van der Waals surface area contributed by atoms with Gasteiger partial charge in [0, 0.05) is 56.4 Å². The van der Waals surface area contributed by atoms with Crippen LogP contribution in [0.1, 0.15) is 80.5 Å². The lowest BCUT2D eigenvalue weighted by atomic mass is 9.78. The summed E-state index contributed by atoms with van der Waals surface area (Å²) >= 11 is 1.58. The molecule has 2 fully saturated rings. The predicted molar refractivity (Wildman–Crippen MR) is 138 cm³/mol. The molecule has 3 rings (SSSR count). The highest BCUT2D eigenvalue weighted by molar-refractivity contribution is 7.11. The Bertz CT molecular complexity index is 739. The Morgan fingerprint density at radius 2 is 2.09 bits per heavy atom. The lowest BCUT2D eigenvalue weighted by Gasteiger charge is -2.42. The number of rotatable bonds is 12. The highest BCUT2D eigenvalue weighted by atomic mass is 32.1. The van der Waals surface area contributed by atoms with Crippen molar-refractivity contribution in [2.75, 3.05) is 40.4 Å². The van der Waals surface area contributed by atoms with E-state index in [9.17, 15) is 9.90 Å². The molecule has 0 spiro atoms. The molecule has 2 amide bonds. The van der Waals surface area contributed by atoms with Gasteiger partial charge in [0.2, 0.25) is 0 Å². The molecule has 1 aromatic rings. The number of nitrogens with zero attached hydrogens (tertiary/aromatic N) is 2. The number of methoxy groups -OCH3 is 1. The van der Waals surface area contributed by atoms with Gasteiger partial charge < -0.3 is 25.4 Å². The molecule has 0 radical (unpaired) electrons. The first-order chi connectivity index (χ1) is 16.5. The van der Waals surface area contributed by atoms with E-state index < -0.39 is 5.60 Å². The van der Waals surface area contributed by atoms with E-state index in [0.717, 1.165) is 55.1 Å². The van der Waals surface area contributed by atoms with Crippen LogP contribution in [0.4, 0.5) is 4.79 Å². The minimum atomic E-state index is -1.00. The number of aromatic nitrogens is 1. The lowest BCUT2D eigenvalue weighted by molar-refractivity contribution is -0.0565. The molecule has 1 saturated heterocycles. The lowest BCUT2D eigenvalue weighted by Crippen LogP contribution is -2.54. The molecule has 3 unspecified atom stereocenters. The second-order valence-corrected chi connectivity index (χ2v) is 11.6. The number of piperidine rings is 1. The third-order valence-corrected chi connectivity index (χ3v) is 8.73. The van der Waals surface area contributed by atoms with Crippen LogP contribution in [0, 0.1) is 18.8 Å². The maximum atomic E-state index is 13.3. The van der Waals surface area contributed by atoms with Gasteiger partial charge in [0.05, 0.1) is 0 Å². The van der Waals surface area contributed by atoms with E-state index in [4.69, 9.17) is 4.74 Å². The van der Waals surface area contributed by atoms with Gasteiger partial charge in [0.25, 0.3) is 0 Å². The Hall–Kier alpha value is -1.22. The molecule has 0 bridgehead atoms. The molecular formula is C26H46N4O3S. The van der Waals surface area contributed by atoms with Gasteiger partial charge in [0.15, 0.2) is 0 Å². The monoisotopic (exact) mass is 494 g/mol. The van der Waals surface area contributed by atoms with E-state index in [1.54, 1.807) is 18.4 Å². The Morgan fingerprint density at radius 3 is 2.76 bits per heavy atom. The largest absolute Gasteiger partial charge is 0.385 e. The summed E-state index contributed by atoms with van der Waals surface area (Å²) < 4.78 is 5.21. The second-order valence-electron chi connectivity index (χ2n) is 10.4. The third-order valence-electron chi connectivity index (χ3n) is 7.65. The number of likely N-dealkylation sites (tertiary alicyclic amines) is 1. The van der Waals surface area contributed by atoms with Gasteiger partial charge in [-0.25, -0.2) is 9.78 Å². The minimum absolute atomic E-state index is 0.0119. The number of aliphatic hydroxyl groups is 1. The zero-order valence-electron chi connectivity index (χ0n) is 21.5. The fraction of sp³-hybridized carbons (Fsp3) is 0.846. The van der Waals surface area contributed by atoms with Crippen LogP contribution in [0.2, 0.25) is 0 Å². The normalized spacial score (nSPS) is 22.4. The average Bonchev–Trinajstić information content (AvgIpc) is 3.29. The summed E-state index contributed by atoms with van der Waals surface area (Å²) in [6.07, 6.45) is 13.7. The topological polar surface area (TPSA) is 86.7 Å². The molecule has 8 heteroatoms. The summed E-state index contributed by atoms with van der Waals surface area (Å²) in [5, 5.41) is 19.3. The molecular weight excluding hydrogens is 448 g/mol. The van der Waals surface area contributed by atoms with Crippen LogP contribution in [0.15, 0.2) is 6.20 Å². The van der Waals surface area contributed by atoms with Crippen LogP contribution in [0.5, 0.6) is 0 Å². The summed E-state index contributed by atoms with van der Waals surface area (Å²) in [7, 11) is 3.67. The third kappa shape index (κ3) is 7.64. The number of hydrogen-bond donors (Lipinski definition) is 3. The summed E-state index contributed by atoms with van der Waals surface area (Å²) in [5.74, 6) is 0.702. The van der Waals surface area contributed by atoms with Crippen molar-refractivity contribution in [2.24, 2.45) is 11.8 Å². The second kappa shape index (κ2) is 13.8. The first-order valence-electron chi connectivity index (χ1n) is 13.3. The molecule has 1 saturated carbocycles. The number of unbranched alkanes of at least 4 members (excludes halogenated alkanes) is 1. The van der Waals surface area contributed by atoms with Crippen molar-refractivity contribution < 1.29 is 14.6 Å². The van der Waals surface area contributed by atoms with E-state index >= 15 is 0 Å². The zero-order valence-corrected chi connectivity index (χ0v) is 22.3. The number of aryl methyl sites for hydroxylation is 1. The van der Waals surface area contributed by atoms with Gasteiger partial charge in [-0.2, -0.15) is 0 Å². The Balaban J connectivity index is 1.64. The van der Waals surface area contributed by atoms with Crippen molar-refractivity contribution in [1.29, 1.82) is 0 Å². The standard InChI is InChI=1S/C26H46N4O3S/c1-20-17-28-24(34-20)26(32,13-7-8-15-33-3)22-12-9-14-30(19-22)25(31)29-23(18-27-2)16-21-10-5-4-6-11-21/h17,21-23,27,32H,4-16,18-19H2,1-3H3,(H,29,31). The number of ether oxygens (including phenoxy) is 1. The highest BCUT2D eigenvalue weighted by Crippen LogP contribution is 2.41. The SMILES string of the molecule is CNCC(CC1CCCCC1)NC(=O)N1CCCC(C(O)(CCCCOC)c2ncc(C)s2)C1. The highest BCUT2D eigenvalue weighted by Gasteiger charge is 2.43. The molecule has 3 atom stereocenters. The first kappa shape index (κ1) is 27.4. The van der Waals surface area contributed by atoms with Crippen LogP contribution in [-0.2, 0) is 10.3 Å². The van der Waals surface area contributed by atoms with E-state index in [2.05, 4.69) is 15.6 Å². The van der Waals surface area contributed by atoms with Crippen LogP contribution in [-0.4, -0.2) is 67.5 Å². The van der Waals surface area contributed by atoms with Crippen molar-refractivity contribution in [3.63, 3.8) is 0 Å². The summed E-state index contributed by atoms with van der Waals surface area (Å²) in [6.45, 7) is 4.83. The van der Waals surface area contributed by atoms with Crippen molar-refractivity contribution >= 4 is 17.4 Å². The summed E-state index contributed by atoms with van der Waals surface area (Å²) in [4.78, 5) is 20.9.